The van der Waals surface area contributed by atoms with E-state index < -0.39 is 6.10 Å². The average Bonchev–Trinajstić information content (AvgIpc) is 2.48. The van der Waals surface area contributed by atoms with Crippen molar-refractivity contribution in [3.8, 4) is 0 Å². The van der Waals surface area contributed by atoms with Gasteiger partial charge in [0.05, 0.1) is 11.6 Å². The molecule has 0 fully saturated rings. The summed E-state index contributed by atoms with van der Waals surface area (Å²) in [7, 11) is 0. The van der Waals surface area contributed by atoms with E-state index in [1.165, 1.54) is 6.07 Å². The molecule has 2 N–H and O–H groups in total. The average molecular weight is 179 g/mol. The predicted octanol–water partition coefficient (Wildman–Crippen LogP) is 2.36. The zero-order valence-corrected chi connectivity index (χ0v) is 7.21. The predicted molar refractivity (Wildman–Crippen MR) is 48.9 cm³/mol. The van der Waals surface area contributed by atoms with Crippen molar-refractivity contribution in [2.75, 3.05) is 0 Å². The van der Waals surface area contributed by atoms with E-state index in [0.29, 0.717) is 5.52 Å². The summed E-state index contributed by atoms with van der Waals surface area (Å²) in [6.07, 6.45) is 1.06. The van der Waals surface area contributed by atoms with Crippen molar-refractivity contribution in [1.29, 1.82) is 0 Å². The zero-order chi connectivity index (χ0) is 9.42. The van der Waals surface area contributed by atoms with Gasteiger partial charge in [-0.25, -0.2) is 4.39 Å². The highest BCUT2D eigenvalue weighted by Crippen LogP contribution is 2.25. The molecule has 0 aliphatic rings. The number of halogens is 1. The maximum Gasteiger partial charge on any atom is 0.147 e. The first-order chi connectivity index (χ1) is 6.20. The second-order valence-corrected chi connectivity index (χ2v) is 3.08. The van der Waals surface area contributed by atoms with Gasteiger partial charge < -0.3 is 10.1 Å². The fraction of sp³-hybridized carbons (Fsp3) is 0.200. The van der Waals surface area contributed by atoms with Crippen LogP contribution in [0, 0.1) is 5.82 Å². The van der Waals surface area contributed by atoms with E-state index in [9.17, 15) is 9.50 Å². The number of aliphatic hydroxyl groups excluding tert-OH is 1. The standard InChI is InChI=1S/C10H10FNO/c1-6(13)8-5-12-10-7(8)3-2-4-9(10)11/h2-6,12-13H,1H3. The lowest BCUT2D eigenvalue weighted by Gasteiger charge is -2.00. The van der Waals surface area contributed by atoms with Gasteiger partial charge >= 0.3 is 0 Å². The van der Waals surface area contributed by atoms with E-state index in [2.05, 4.69) is 4.98 Å². The van der Waals surface area contributed by atoms with Gasteiger partial charge in [-0.3, -0.25) is 0 Å². The Bertz CT molecular complexity index is 433. The van der Waals surface area contributed by atoms with Gasteiger partial charge in [0.2, 0.25) is 0 Å². The highest BCUT2D eigenvalue weighted by Gasteiger charge is 2.10. The summed E-state index contributed by atoms with van der Waals surface area (Å²) in [5.41, 5.74) is 1.19. The third-order valence-corrected chi connectivity index (χ3v) is 2.15. The highest BCUT2D eigenvalue weighted by molar-refractivity contribution is 5.83. The Morgan fingerprint density at radius 2 is 2.23 bits per heavy atom. The normalized spacial score (nSPS) is 13.5. The van der Waals surface area contributed by atoms with Gasteiger partial charge in [-0.1, -0.05) is 12.1 Å². The van der Waals surface area contributed by atoms with Crippen LogP contribution in [0.2, 0.25) is 0 Å². The van der Waals surface area contributed by atoms with Crippen LogP contribution in [0.15, 0.2) is 24.4 Å². The number of nitrogens with one attached hydrogen (secondary N) is 1. The molecule has 0 radical (unpaired) electrons. The molecule has 0 amide bonds. The highest BCUT2D eigenvalue weighted by atomic mass is 19.1. The Kier molecular flexibility index (Phi) is 1.81. The fourth-order valence-electron chi connectivity index (χ4n) is 1.48. The third kappa shape index (κ3) is 1.21. The number of H-pyrrole nitrogens is 1. The number of fused-ring (bicyclic) bond motifs is 1. The molecule has 0 spiro atoms. The molecule has 1 heterocycles. The molecular weight excluding hydrogens is 169 g/mol. The minimum absolute atomic E-state index is 0.288. The molecule has 13 heavy (non-hydrogen) atoms. The molecule has 0 aliphatic heterocycles. The van der Waals surface area contributed by atoms with E-state index in [4.69, 9.17) is 0 Å². The lowest BCUT2D eigenvalue weighted by molar-refractivity contribution is 0.201. The smallest absolute Gasteiger partial charge is 0.147 e. The van der Waals surface area contributed by atoms with Gasteiger partial charge in [0.25, 0.3) is 0 Å². The first-order valence-corrected chi connectivity index (χ1v) is 4.13. The molecule has 2 rings (SSSR count). The van der Waals surface area contributed by atoms with Crippen LogP contribution in [0.3, 0.4) is 0 Å². The van der Waals surface area contributed by atoms with Crippen molar-refractivity contribution in [2.24, 2.45) is 0 Å². The quantitative estimate of drug-likeness (QED) is 0.692. The summed E-state index contributed by atoms with van der Waals surface area (Å²) in [5.74, 6) is -0.288. The van der Waals surface area contributed by atoms with Crippen LogP contribution in [0.4, 0.5) is 4.39 Å². The van der Waals surface area contributed by atoms with Crippen LogP contribution in [-0.2, 0) is 0 Å². The maximum atomic E-state index is 13.2. The van der Waals surface area contributed by atoms with E-state index in [1.807, 2.05) is 0 Å². The Morgan fingerprint density at radius 3 is 2.92 bits per heavy atom. The van der Waals surface area contributed by atoms with Crippen LogP contribution in [0.1, 0.15) is 18.6 Å². The van der Waals surface area contributed by atoms with Crippen LogP contribution >= 0.6 is 0 Å². The topological polar surface area (TPSA) is 36.0 Å². The van der Waals surface area contributed by atoms with Gasteiger partial charge in [-0.2, -0.15) is 0 Å². The van der Waals surface area contributed by atoms with Gasteiger partial charge in [0, 0.05) is 17.1 Å². The van der Waals surface area contributed by atoms with E-state index >= 15 is 0 Å². The minimum Gasteiger partial charge on any atom is -0.389 e. The number of aromatic amines is 1. The molecule has 68 valence electrons. The number of aromatic nitrogens is 1. The van der Waals surface area contributed by atoms with Crippen molar-refractivity contribution >= 4 is 10.9 Å². The van der Waals surface area contributed by atoms with Gasteiger partial charge in [0.15, 0.2) is 0 Å². The summed E-state index contributed by atoms with van der Waals surface area (Å²) < 4.78 is 13.2. The largest absolute Gasteiger partial charge is 0.389 e. The van der Waals surface area contributed by atoms with Crippen LogP contribution < -0.4 is 0 Å². The summed E-state index contributed by atoms with van der Waals surface area (Å²) in [6, 6.07) is 4.82. The third-order valence-electron chi connectivity index (χ3n) is 2.15. The number of rotatable bonds is 1. The van der Waals surface area contributed by atoms with E-state index in [1.54, 1.807) is 25.3 Å². The molecular formula is C10H10FNO. The molecule has 0 saturated carbocycles. The van der Waals surface area contributed by atoms with Gasteiger partial charge in [-0.15, -0.1) is 0 Å². The van der Waals surface area contributed by atoms with Crippen molar-refractivity contribution in [1.82, 2.24) is 4.98 Å². The van der Waals surface area contributed by atoms with Crippen LogP contribution in [0.25, 0.3) is 10.9 Å². The Hall–Kier alpha value is -1.35. The van der Waals surface area contributed by atoms with E-state index in [-0.39, 0.29) is 5.82 Å². The second kappa shape index (κ2) is 2.85. The SMILES string of the molecule is CC(O)c1c[nH]c2c(F)cccc12. The first-order valence-electron chi connectivity index (χ1n) is 4.13. The van der Waals surface area contributed by atoms with Crippen molar-refractivity contribution in [3.05, 3.63) is 35.8 Å². The molecule has 2 aromatic rings. The molecule has 1 unspecified atom stereocenters. The Balaban J connectivity index is 2.75. The Morgan fingerprint density at radius 1 is 1.46 bits per heavy atom. The molecule has 0 aliphatic carbocycles. The van der Waals surface area contributed by atoms with Gasteiger partial charge in [-0.05, 0) is 13.0 Å². The van der Waals surface area contributed by atoms with Crippen LogP contribution in [0.5, 0.6) is 0 Å². The molecule has 0 saturated heterocycles. The van der Waals surface area contributed by atoms with Crippen LogP contribution in [-0.4, -0.2) is 10.1 Å². The summed E-state index contributed by atoms with van der Waals surface area (Å²) >= 11 is 0. The van der Waals surface area contributed by atoms with Gasteiger partial charge in [0.1, 0.15) is 5.82 Å². The summed E-state index contributed by atoms with van der Waals surface area (Å²) in [4.78, 5) is 2.80. The minimum atomic E-state index is -0.574. The Labute approximate surface area is 75.0 Å². The zero-order valence-electron chi connectivity index (χ0n) is 7.21. The lowest BCUT2D eigenvalue weighted by Crippen LogP contribution is -1.87. The summed E-state index contributed by atoms with van der Waals surface area (Å²) in [5, 5.41) is 10.1. The maximum absolute atomic E-state index is 13.2. The number of benzene rings is 1. The monoisotopic (exact) mass is 179 g/mol. The molecule has 0 bridgehead atoms. The summed E-state index contributed by atoms with van der Waals surface area (Å²) in [6.45, 7) is 1.66. The van der Waals surface area contributed by atoms with Crippen molar-refractivity contribution < 1.29 is 9.50 Å². The second-order valence-electron chi connectivity index (χ2n) is 3.08. The molecule has 1 atom stereocenters. The molecule has 1 aromatic carbocycles. The van der Waals surface area contributed by atoms with Crippen molar-refractivity contribution in [2.45, 2.75) is 13.0 Å². The number of hydrogen-bond donors (Lipinski definition) is 2. The fourth-order valence-corrected chi connectivity index (χ4v) is 1.48. The lowest BCUT2D eigenvalue weighted by atomic mass is 10.1. The molecule has 2 nitrogen and oxygen atoms in total. The molecule has 3 heteroatoms. The first kappa shape index (κ1) is 8.26. The number of para-hydroxylation sites is 1. The number of aliphatic hydroxyl groups is 1. The van der Waals surface area contributed by atoms with E-state index in [0.717, 1.165) is 10.9 Å². The van der Waals surface area contributed by atoms with Crippen molar-refractivity contribution in [3.63, 3.8) is 0 Å². The number of hydrogen-bond acceptors (Lipinski definition) is 1. The molecule has 1 aromatic heterocycles.